The van der Waals surface area contributed by atoms with Gasteiger partial charge in [-0.25, -0.2) is 0 Å². The van der Waals surface area contributed by atoms with Crippen molar-refractivity contribution in [1.82, 2.24) is 9.80 Å². The molecular formula is C28H29Cl2N3O. The average Bonchev–Trinajstić information content (AvgIpc) is 2.82. The highest BCUT2D eigenvalue weighted by molar-refractivity contribution is 6.42. The molecule has 0 bridgehead atoms. The van der Waals surface area contributed by atoms with Gasteiger partial charge in [0.15, 0.2) is 0 Å². The molecule has 0 aromatic heterocycles. The molecule has 0 aliphatic carbocycles. The van der Waals surface area contributed by atoms with Gasteiger partial charge in [-0.3, -0.25) is 4.79 Å². The number of nitriles is 1. The van der Waals surface area contributed by atoms with Gasteiger partial charge in [-0.15, -0.1) is 6.58 Å². The maximum atomic E-state index is 13.7. The zero-order chi connectivity index (χ0) is 24.8. The number of nitrogens with zero attached hydrogens (tertiary/aromatic N) is 3. The first kappa shape index (κ1) is 25.8. The second kappa shape index (κ2) is 11.5. The standard InChI is InChI=1S/C28H29Cl2N3O/c1-5-13-32(3)14-12-22(20-10-11-25(29)26(30)16-20)18-33(4)28(34)27-19(2)23(17-31)15-21-8-6-7-9-24(21)27/h5-11,15-16,22H,1,12-14,18H2,2-4H3. The van der Waals surface area contributed by atoms with Crippen molar-refractivity contribution in [2.75, 3.05) is 33.7 Å². The van der Waals surface area contributed by atoms with Gasteiger partial charge >= 0.3 is 0 Å². The molecule has 3 rings (SSSR count). The molecule has 3 aromatic carbocycles. The Hall–Kier alpha value is -2.84. The Morgan fingerprint density at radius 3 is 2.56 bits per heavy atom. The molecule has 4 nitrogen and oxygen atoms in total. The molecule has 0 radical (unpaired) electrons. The van der Waals surface area contributed by atoms with Crippen LogP contribution < -0.4 is 0 Å². The van der Waals surface area contributed by atoms with Crippen LogP contribution in [0, 0.1) is 18.3 Å². The smallest absolute Gasteiger partial charge is 0.254 e. The van der Waals surface area contributed by atoms with E-state index in [0.717, 1.165) is 35.8 Å². The van der Waals surface area contributed by atoms with Gasteiger partial charge in [0.05, 0.1) is 27.2 Å². The highest BCUT2D eigenvalue weighted by Crippen LogP contribution is 2.31. The monoisotopic (exact) mass is 493 g/mol. The summed E-state index contributed by atoms with van der Waals surface area (Å²) < 4.78 is 0. The average molecular weight is 494 g/mol. The van der Waals surface area contributed by atoms with Crippen LogP contribution in [0.15, 0.2) is 61.2 Å². The molecule has 6 heteroatoms. The number of carbonyl (C=O) groups excluding carboxylic acids is 1. The Morgan fingerprint density at radius 2 is 1.88 bits per heavy atom. The van der Waals surface area contributed by atoms with Gasteiger partial charge in [-0.2, -0.15) is 5.26 Å². The Bertz CT molecular complexity index is 1250. The third-order valence-corrected chi connectivity index (χ3v) is 6.94. The summed E-state index contributed by atoms with van der Waals surface area (Å²) in [5.74, 6) is -0.0444. The van der Waals surface area contributed by atoms with Crippen LogP contribution in [-0.4, -0.2) is 49.4 Å². The Balaban J connectivity index is 1.94. The molecule has 34 heavy (non-hydrogen) atoms. The number of carbonyl (C=O) groups is 1. The molecule has 0 N–H and O–H groups in total. The summed E-state index contributed by atoms with van der Waals surface area (Å²) in [6, 6.07) is 17.4. The highest BCUT2D eigenvalue weighted by atomic mass is 35.5. The summed E-state index contributed by atoms with van der Waals surface area (Å²) in [5.41, 5.74) is 2.83. The van der Waals surface area contributed by atoms with Crippen LogP contribution in [0.3, 0.4) is 0 Å². The molecule has 0 saturated heterocycles. The SMILES string of the molecule is C=CCN(C)CCC(CN(C)C(=O)c1c(C)c(C#N)cc2ccccc12)c1ccc(Cl)c(Cl)c1. The Morgan fingerprint density at radius 1 is 1.15 bits per heavy atom. The van der Waals surface area contributed by atoms with Crippen LogP contribution in [0.2, 0.25) is 10.0 Å². The lowest BCUT2D eigenvalue weighted by Gasteiger charge is -2.27. The van der Waals surface area contributed by atoms with E-state index < -0.39 is 0 Å². The quantitative estimate of drug-likeness (QED) is 0.312. The maximum absolute atomic E-state index is 13.7. The second-order valence-corrected chi connectivity index (χ2v) is 9.47. The largest absolute Gasteiger partial charge is 0.341 e. The van der Waals surface area contributed by atoms with Crippen molar-refractivity contribution >= 4 is 39.9 Å². The molecule has 0 spiro atoms. The van der Waals surface area contributed by atoms with E-state index in [1.165, 1.54) is 0 Å². The molecule has 1 atom stereocenters. The van der Waals surface area contributed by atoms with E-state index in [1.54, 1.807) is 11.0 Å². The van der Waals surface area contributed by atoms with E-state index in [4.69, 9.17) is 23.2 Å². The fourth-order valence-corrected chi connectivity index (χ4v) is 4.57. The van der Waals surface area contributed by atoms with Crippen molar-refractivity contribution < 1.29 is 4.79 Å². The molecule has 0 fully saturated rings. The van der Waals surface area contributed by atoms with Crippen molar-refractivity contribution in [1.29, 1.82) is 5.26 Å². The van der Waals surface area contributed by atoms with Gasteiger partial charge in [-0.05, 0) is 67.0 Å². The predicted octanol–water partition coefficient (Wildman–Crippen LogP) is 6.69. The van der Waals surface area contributed by atoms with Crippen LogP contribution in [-0.2, 0) is 0 Å². The fourth-order valence-electron chi connectivity index (χ4n) is 4.26. The number of amides is 1. The molecular weight excluding hydrogens is 465 g/mol. The van der Waals surface area contributed by atoms with Gasteiger partial charge in [0.25, 0.3) is 5.91 Å². The van der Waals surface area contributed by atoms with Crippen molar-refractivity contribution in [2.24, 2.45) is 0 Å². The number of halogens is 2. The number of likely N-dealkylation sites (N-methyl/N-ethyl adjacent to an activating group) is 2. The molecule has 1 unspecified atom stereocenters. The van der Waals surface area contributed by atoms with Gasteiger partial charge in [0, 0.05) is 26.1 Å². The van der Waals surface area contributed by atoms with E-state index in [-0.39, 0.29) is 11.8 Å². The lowest BCUT2D eigenvalue weighted by atomic mass is 9.92. The van der Waals surface area contributed by atoms with Crippen LogP contribution >= 0.6 is 23.2 Å². The van der Waals surface area contributed by atoms with E-state index in [9.17, 15) is 10.1 Å². The number of benzene rings is 3. The van der Waals surface area contributed by atoms with E-state index in [2.05, 4.69) is 17.5 Å². The van der Waals surface area contributed by atoms with Gasteiger partial charge in [0.1, 0.15) is 0 Å². The summed E-state index contributed by atoms with van der Waals surface area (Å²) in [6.07, 6.45) is 2.71. The van der Waals surface area contributed by atoms with Crippen molar-refractivity contribution in [3.05, 3.63) is 93.5 Å². The molecule has 0 saturated carbocycles. The van der Waals surface area contributed by atoms with E-state index >= 15 is 0 Å². The van der Waals surface area contributed by atoms with E-state index in [0.29, 0.717) is 33.3 Å². The summed E-state index contributed by atoms with van der Waals surface area (Å²) in [6.45, 7) is 7.78. The Kier molecular flexibility index (Phi) is 8.74. The maximum Gasteiger partial charge on any atom is 0.254 e. The Labute approximate surface area is 212 Å². The topological polar surface area (TPSA) is 47.3 Å². The molecule has 1 amide bonds. The second-order valence-electron chi connectivity index (χ2n) is 8.65. The molecule has 3 aromatic rings. The third-order valence-electron chi connectivity index (χ3n) is 6.20. The fraction of sp³-hybridized carbons (Fsp3) is 0.286. The minimum atomic E-state index is -0.102. The predicted molar refractivity (Wildman–Crippen MR) is 142 cm³/mol. The highest BCUT2D eigenvalue weighted by Gasteiger charge is 2.23. The molecule has 0 aliphatic heterocycles. The van der Waals surface area contributed by atoms with Crippen LogP contribution in [0.5, 0.6) is 0 Å². The minimum absolute atomic E-state index is 0.0571. The number of hydrogen-bond acceptors (Lipinski definition) is 3. The normalized spacial score (nSPS) is 11.9. The molecule has 176 valence electrons. The van der Waals surface area contributed by atoms with Crippen molar-refractivity contribution in [2.45, 2.75) is 19.3 Å². The third kappa shape index (κ3) is 5.80. The van der Waals surface area contributed by atoms with Crippen LogP contribution in [0.25, 0.3) is 10.8 Å². The van der Waals surface area contributed by atoms with Crippen molar-refractivity contribution in [3.8, 4) is 6.07 Å². The van der Waals surface area contributed by atoms with Crippen molar-refractivity contribution in [3.63, 3.8) is 0 Å². The molecule has 0 heterocycles. The van der Waals surface area contributed by atoms with Gasteiger partial charge < -0.3 is 9.80 Å². The number of hydrogen-bond donors (Lipinski definition) is 0. The first-order chi connectivity index (χ1) is 16.3. The molecule has 0 aliphatic rings. The summed E-state index contributed by atoms with van der Waals surface area (Å²) in [7, 11) is 3.86. The van der Waals surface area contributed by atoms with Crippen LogP contribution in [0.4, 0.5) is 0 Å². The summed E-state index contributed by atoms with van der Waals surface area (Å²) in [5, 5.41) is 12.4. The van der Waals surface area contributed by atoms with E-state index in [1.807, 2.05) is 69.6 Å². The zero-order valence-corrected chi connectivity index (χ0v) is 21.3. The summed E-state index contributed by atoms with van der Waals surface area (Å²) in [4.78, 5) is 17.7. The number of fused-ring (bicyclic) bond motifs is 1. The van der Waals surface area contributed by atoms with Gasteiger partial charge in [-0.1, -0.05) is 59.6 Å². The minimum Gasteiger partial charge on any atom is -0.341 e. The van der Waals surface area contributed by atoms with Crippen LogP contribution in [0.1, 0.15) is 39.4 Å². The first-order valence-corrected chi connectivity index (χ1v) is 11.9. The summed E-state index contributed by atoms with van der Waals surface area (Å²) >= 11 is 12.5. The lowest BCUT2D eigenvalue weighted by molar-refractivity contribution is 0.0784. The lowest BCUT2D eigenvalue weighted by Crippen LogP contribution is -2.33. The first-order valence-electron chi connectivity index (χ1n) is 11.2. The zero-order valence-electron chi connectivity index (χ0n) is 19.8. The number of rotatable bonds is 9. The van der Waals surface area contributed by atoms with Gasteiger partial charge in [0.2, 0.25) is 0 Å².